The molecule has 10 nitrogen and oxygen atoms in total. The summed E-state index contributed by atoms with van der Waals surface area (Å²) in [7, 11) is -3.97. The van der Waals surface area contributed by atoms with Gasteiger partial charge in [-0.1, -0.05) is 11.3 Å². The third-order valence-electron chi connectivity index (χ3n) is 2.65. The molecule has 0 aliphatic carbocycles. The average molecular weight is 332 g/mol. The van der Waals surface area contributed by atoms with Crippen LogP contribution >= 0.6 is 11.3 Å². The number of hydrogen-bond acceptors (Lipinski definition) is 8. The maximum atomic E-state index is 12.3. The second kappa shape index (κ2) is 5.31. The Morgan fingerprint density at radius 2 is 2.14 bits per heavy atom. The maximum Gasteiger partial charge on any atom is 0.306 e. The number of hydrogen-bond donors (Lipinski definition) is 4. The Kier molecular flexibility index (Phi) is 3.85. The van der Waals surface area contributed by atoms with Crippen molar-refractivity contribution in [1.29, 1.82) is 0 Å². The van der Waals surface area contributed by atoms with Gasteiger partial charge in [0, 0.05) is 6.07 Å². The van der Waals surface area contributed by atoms with Crippen LogP contribution in [0.4, 0.5) is 16.4 Å². The number of sulfonamides is 1. The zero-order valence-electron chi connectivity index (χ0n) is 11.0. The Morgan fingerprint density at radius 3 is 2.57 bits per heavy atom. The molecule has 2 rings (SSSR count). The molecule has 0 bridgehead atoms. The normalized spacial score (nSPS) is 11.4. The summed E-state index contributed by atoms with van der Waals surface area (Å²) in [6.07, 6.45) is 0. The fraction of sp³-hybridized carbons (Fsp3) is 0.222. The Balaban J connectivity index is 2.43. The second-order valence-electron chi connectivity index (χ2n) is 4.10. The summed E-state index contributed by atoms with van der Waals surface area (Å²) in [6.45, 7) is 3.28. The number of aromatic amines is 1. The van der Waals surface area contributed by atoms with Gasteiger partial charge in [-0.25, -0.2) is 14.3 Å². The van der Waals surface area contributed by atoms with Gasteiger partial charge in [0.25, 0.3) is 10.0 Å². The highest BCUT2D eigenvalue weighted by Gasteiger charge is 2.27. The van der Waals surface area contributed by atoms with Gasteiger partial charge in [-0.2, -0.15) is 5.10 Å². The Bertz CT molecular complexity index is 774. The molecular weight excluding hydrogens is 320 g/mol. The van der Waals surface area contributed by atoms with Crippen molar-refractivity contribution in [3.63, 3.8) is 0 Å². The van der Waals surface area contributed by atoms with E-state index in [1.807, 2.05) is 0 Å². The SMILES string of the molecule is Cc1n[nH]c(C)c1NS(=O)(=O)c1cc([N+](=O)[O-])c(NN)s1. The first-order valence-electron chi connectivity index (χ1n) is 5.55. The summed E-state index contributed by atoms with van der Waals surface area (Å²) < 4.78 is 26.7. The van der Waals surface area contributed by atoms with E-state index in [1.54, 1.807) is 13.8 Å². The van der Waals surface area contributed by atoms with Crippen LogP contribution < -0.4 is 16.0 Å². The summed E-state index contributed by atoms with van der Waals surface area (Å²) >= 11 is 0.669. The summed E-state index contributed by atoms with van der Waals surface area (Å²) in [5.41, 5.74) is 3.04. The quantitative estimate of drug-likeness (QED) is 0.362. The lowest BCUT2D eigenvalue weighted by atomic mass is 10.3. The van der Waals surface area contributed by atoms with Crippen molar-refractivity contribution in [2.24, 2.45) is 5.84 Å². The fourth-order valence-corrected chi connectivity index (χ4v) is 4.04. The number of nitrogen functional groups attached to an aromatic ring is 1. The molecule has 0 amide bonds. The molecule has 0 spiro atoms. The minimum absolute atomic E-state index is 0.0407. The molecule has 2 aromatic rings. The molecule has 0 fully saturated rings. The smallest absolute Gasteiger partial charge is 0.306 e. The van der Waals surface area contributed by atoms with Gasteiger partial charge in [0.05, 0.1) is 22.0 Å². The van der Waals surface area contributed by atoms with Crippen LogP contribution in [0.1, 0.15) is 11.4 Å². The van der Waals surface area contributed by atoms with Gasteiger partial charge in [0.15, 0.2) is 5.00 Å². The maximum absolute atomic E-state index is 12.3. The van der Waals surface area contributed by atoms with E-state index in [4.69, 9.17) is 5.84 Å². The van der Waals surface area contributed by atoms with Gasteiger partial charge >= 0.3 is 5.69 Å². The molecule has 5 N–H and O–H groups in total. The number of H-pyrrole nitrogens is 1. The molecule has 114 valence electrons. The van der Waals surface area contributed by atoms with Crippen molar-refractivity contribution in [3.05, 3.63) is 27.6 Å². The number of nitro groups is 1. The number of rotatable bonds is 5. The first kappa shape index (κ1) is 15.2. The highest BCUT2D eigenvalue weighted by Crippen LogP contribution is 2.37. The highest BCUT2D eigenvalue weighted by molar-refractivity contribution is 7.94. The number of hydrazine groups is 1. The molecule has 2 heterocycles. The zero-order chi connectivity index (χ0) is 15.8. The van der Waals surface area contributed by atoms with Crippen molar-refractivity contribution < 1.29 is 13.3 Å². The number of thiophene rings is 1. The first-order chi connectivity index (χ1) is 9.76. The van der Waals surface area contributed by atoms with Crippen molar-refractivity contribution in [2.75, 3.05) is 10.1 Å². The molecule has 0 atom stereocenters. The van der Waals surface area contributed by atoms with Gasteiger partial charge in [0.2, 0.25) is 0 Å². The van der Waals surface area contributed by atoms with Gasteiger partial charge in [-0.15, -0.1) is 0 Å². The van der Waals surface area contributed by atoms with Crippen LogP contribution in [0.3, 0.4) is 0 Å². The lowest BCUT2D eigenvalue weighted by molar-refractivity contribution is -0.383. The molecule has 0 aliphatic rings. The van der Waals surface area contributed by atoms with Gasteiger partial charge in [-0.3, -0.25) is 19.9 Å². The number of nitrogens with one attached hydrogen (secondary N) is 3. The largest absolute Gasteiger partial charge is 0.310 e. The average Bonchev–Trinajstić information content (AvgIpc) is 2.97. The van der Waals surface area contributed by atoms with Crippen LogP contribution in [0.25, 0.3) is 0 Å². The minimum atomic E-state index is -3.97. The van der Waals surface area contributed by atoms with Crippen LogP contribution in [-0.4, -0.2) is 23.5 Å². The van der Waals surface area contributed by atoms with E-state index in [-0.39, 0.29) is 9.21 Å². The molecule has 21 heavy (non-hydrogen) atoms. The third kappa shape index (κ3) is 2.81. The molecule has 0 aromatic carbocycles. The molecule has 0 aliphatic heterocycles. The number of nitrogens with zero attached hydrogens (tertiary/aromatic N) is 2. The zero-order valence-corrected chi connectivity index (χ0v) is 12.6. The van der Waals surface area contributed by atoms with Gasteiger partial charge in [0.1, 0.15) is 4.21 Å². The molecule has 0 radical (unpaired) electrons. The number of nitrogens with two attached hydrogens (primary N) is 1. The monoisotopic (exact) mass is 332 g/mol. The number of anilines is 2. The highest BCUT2D eigenvalue weighted by atomic mass is 32.2. The molecule has 12 heteroatoms. The van der Waals surface area contributed by atoms with Crippen molar-refractivity contribution in [1.82, 2.24) is 10.2 Å². The Labute approximate surface area is 123 Å². The minimum Gasteiger partial charge on any atom is -0.310 e. The van der Waals surface area contributed by atoms with Crippen LogP contribution in [0.2, 0.25) is 0 Å². The number of aryl methyl sites for hydroxylation is 2. The summed E-state index contributed by atoms with van der Waals surface area (Å²) in [5, 5.41) is 17.3. The molecule has 2 aromatic heterocycles. The van der Waals surface area contributed by atoms with Crippen LogP contribution in [0, 0.1) is 24.0 Å². The predicted molar refractivity (Wildman–Crippen MR) is 77.7 cm³/mol. The first-order valence-corrected chi connectivity index (χ1v) is 7.85. The lowest BCUT2D eigenvalue weighted by Gasteiger charge is -2.05. The van der Waals surface area contributed by atoms with E-state index in [0.717, 1.165) is 6.07 Å². The standard InChI is InChI=1S/C9H12N6O4S2/c1-4-8(5(2)13-12-4)14-21(18,19)7-3-6(15(16)17)9(11-10)20-7/h3,11,14H,10H2,1-2H3,(H,12,13). The summed E-state index contributed by atoms with van der Waals surface area (Å²) in [5.74, 6) is 5.16. The van der Waals surface area contributed by atoms with Crippen molar-refractivity contribution >= 4 is 37.7 Å². The third-order valence-corrected chi connectivity index (χ3v) is 5.53. The lowest BCUT2D eigenvalue weighted by Crippen LogP contribution is -2.12. The van der Waals surface area contributed by atoms with Gasteiger partial charge < -0.3 is 5.43 Å². The van der Waals surface area contributed by atoms with Crippen LogP contribution in [0.15, 0.2) is 10.3 Å². The van der Waals surface area contributed by atoms with E-state index >= 15 is 0 Å². The summed E-state index contributed by atoms with van der Waals surface area (Å²) in [4.78, 5) is 10.1. The van der Waals surface area contributed by atoms with Crippen molar-refractivity contribution in [2.45, 2.75) is 18.1 Å². The van der Waals surface area contributed by atoms with E-state index in [9.17, 15) is 18.5 Å². The van der Waals surface area contributed by atoms with Crippen LogP contribution in [-0.2, 0) is 10.0 Å². The molecular formula is C9H12N6O4S2. The second-order valence-corrected chi connectivity index (χ2v) is 7.06. The predicted octanol–water partition coefficient (Wildman–Crippen LogP) is 1.08. The van der Waals surface area contributed by atoms with E-state index in [2.05, 4.69) is 20.3 Å². The molecule has 0 saturated heterocycles. The fourth-order valence-electron chi connectivity index (χ4n) is 1.62. The van der Waals surface area contributed by atoms with E-state index < -0.39 is 20.6 Å². The van der Waals surface area contributed by atoms with Crippen LogP contribution in [0.5, 0.6) is 0 Å². The Morgan fingerprint density at radius 1 is 1.48 bits per heavy atom. The van der Waals surface area contributed by atoms with Gasteiger partial charge in [-0.05, 0) is 13.8 Å². The van der Waals surface area contributed by atoms with E-state index in [1.165, 1.54) is 0 Å². The van der Waals surface area contributed by atoms with Crippen molar-refractivity contribution in [3.8, 4) is 0 Å². The summed E-state index contributed by atoms with van der Waals surface area (Å²) in [6, 6.07) is 0.951. The molecule has 0 saturated carbocycles. The van der Waals surface area contributed by atoms with E-state index in [0.29, 0.717) is 28.4 Å². The molecule has 0 unspecified atom stereocenters. The number of aromatic nitrogens is 2. The topological polar surface area (TPSA) is 156 Å². The Hall–Kier alpha value is -2.18.